The van der Waals surface area contributed by atoms with Crippen LogP contribution in [0.15, 0.2) is 24.4 Å². The summed E-state index contributed by atoms with van der Waals surface area (Å²) in [5.74, 6) is 2.47. The van der Waals surface area contributed by atoms with Crippen LogP contribution >= 0.6 is 11.8 Å². The molecular formula is C15H19N3S. The molecule has 1 aliphatic rings. The summed E-state index contributed by atoms with van der Waals surface area (Å²) < 4.78 is 0. The fourth-order valence-electron chi connectivity index (χ4n) is 2.60. The summed E-state index contributed by atoms with van der Waals surface area (Å²) in [5.41, 5.74) is 10.4. The van der Waals surface area contributed by atoms with Crippen molar-refractivity contribution < 1.29 is 0 Å². The number of pyridine rings is 1. The number of benzene rings is 1. The van der Waals surface area contributed by atoms with E-state index < -0.39 is 0 Å². The van der Waals surface area contributed by atoms with Gasteiger partial charge in [-0.05, 0) is 30.2 Å². The summed E-state index contributed by atoms with van der Waals surface area (Å²) in [6.07, 6.45) is 1.84. The molecule has 1 fully saturated rings. The predicted molar refractivity (Wildman–Crippen MR) is 83.5 cm³/mol. The summed E-state index contributed by atoms with van der Waals surface area (Å²) in [7, 11) is 0. The van der Waals surface area contributed by atoms with Crippen LogP contribution in [0.25, 0.3) is 10.9 Å². The molecule has 0 spiro atoms. The molecule has 2 heterocycles. The van der Waals surface area contributed by atoms with Gasteiger partial charge in [0.25, 0.3) is 0 Å². The average molecular weight is 273 g/mol. The molecule has 3 nitrogen and oxygen atoms in total. The highest BCUT2D eigenvalue weighted by Gasteiger charge is 2.14. The molecule has 1 aromatic heterocycles. The zero-order chi connectivity index (χ0) is 13.2. The summed E-state index contributed by atoms with van der Waals surface area (Å²) in [6, 6.07) is 6.29. The molecule has 3 rings (SSSR count). The van der Waals surface area contributed by atoms with E-state index in [2.05, 4.69) is 22.0 Å². The first-order chi connectivity index (χ1) is 9.25. The Hall–Kier alpha value is -1.26. The van der Waals surface area contributed by atoms with Gasteiger partial charge in [0.15, 0.2) is 0 Å². The van der Waals surface area contributed by atoms with E-state index in [0.717, 1.165) is 23.3 Å². The molecule has 100 valence electrons. The van der Waals surface area contributed by atoms with Gasteiger partial charge in [0.1, 0.15) is 0 Å². The van der Waals surface area contributed by atoms with Crippen LogP contribution in [0.3, 0.4) is 0 Å². The van der Waals surface area contributed by atoms with Crippen LogP contribution in [0.4, 0.5) is 5.69 Å². The summed E-state index contributed by atoms with van der Waals surface area (Å²) >= 11 is 2.04. The van der Waals surface area contributed by atoms with E-state index in [4.69, 9.17) is 5.73 Å². The fraction of sp³-hybridized carbons (Fsp3) is 0.400. The summed E-state index contributed by atoms with van der Waals surface area (Å²) in [6.45, 7) is 5.36. The van der Waals surface area contributed by atoms with Crippen molar-refractivity contribution in [1.29, 1.82) is 0 Å². The summed E-state index contributed by atoms with van der Waals surface area (Å²) in [5, 5.41) is 1.24. The van der Waals surface area contributed by atoms with Gasteiger partial charge in [-0.3, -0.25) is 9.88 Å². The normalized spacial score (nSPS) is 16.9. The minimum atomic E-state index is 0.854. The lowest BCUT2D eigenvalue weighted by Crippen LogP contribution is -2.32. The zero-order valence-electron chi connectivity index (χ0n) is 11.2. The Kier molecular flexibility index (Phi) is 3.62. The van der Waals surface area contributed by atoms with Crippen molar-refractivity contribution in [1.82, 2.24) is 9.88 Å². The van der Waals surface area contributed by atoms with Gasteiger partial charge in [-0.15, -0.1) is 0 Å². The third-order valence-corrected chi connectivity index (χ3v) is 4.71. The number of nitrogen functional groups attached to an aromatic ring is 1. The smallest absolute Gasteiger partial charge is 0.0754 e. The lowest BCUT2D eigenvalue weighted by Gasteiger charge is -2.27. The van der Waals surface area contributed by atoms with Crippen molar-refractivity contribution in [3.8, 4) is 0 Å². The van der Waals surface area contributed by atoms with E-state index in [1.54, 1.807) is 0 Å². The highest BCUT2D eigenvalue weighted by atomic mass is 32.2. The van der Waals surface area contributed by atoms with Crippen molar-refractivity contribution in [2.24, 2.45) is 0 Å². The molecule has 4 heteroatoms. The second-order valence-corrected chi connectivity index (χ2v) is 6.26. The first-order valence-electron chi connectivity index (χ1n) is 6.68. The van der Waals surface area contributed by atoms with Gasteiger partial charge < -0.3 is 5.73 Å². The van der Waals surface area contributed by atoms with Crippen molar-refractivity contribution >= 4 is 28.4 Å². The third kappa shape index (κ3) is 2.55. The van der Waals surface area contributed by atoms with E-state index in [0.29, 0.717) is 0 Å². The number of fused-ring (bicyclic) bond motifs is 1. The van der Waals surface area contributed by atoms with Crippen LogP contribution in [-0.2, 0) is 6.54 Å². The average Bonchev–Trinajstić information content (AvgIpc) is 2.46. The van der Waals surface area contributed by atoms with Gasteiger partial charge >= 0.3 is 0 Å². The lowest BCUT2D eigenvalue weighted by atomic mass is 10.0. The quantitative estimate of drug-likeness (QED) is 0.854. The molecule has 19 heavy (non-hydrogen) atoms. The van der Waals surface area contributed by atoms with Crippen molar-refractivity contribution in [3.63, 3.8) is 0 Å². The predicted octanol–water partition coefficient (Wildman–Crippen LogP) is 2.67. The molecule has 1 saturated heterocycles. The molecule has 0 saturated carbocycles. The number of anilines is 1. The molecule has 0 radical (unpaired) electrons. The topological polar surface area (TPSA) is 42.1 Å². The monoisotopic (exact) mass is 273 g/mol. The van der Waals surface area contributed by atoms with Crippen molar-refractivity contribution in [3.05, 3.63) is 35.5 Å². The van der Waals surface area contributed by atoms with Crippen LogP contribution in [-0.4, -0.2) is 34.5 Å². The number of nitrogens with zero attached hydrogens (tertiary/aromatic N) is 2. The Balaban J connectivity index is 2.00. The molecule has 0 aliphatic carbocycles. The van der Waals surface area contributed by atoms with E-state index >= 15 is 0 Å². The number of hydrogen-bond acceptors (Lipinski definition) is 4. The molecule has 2 N–H and O–H groups in total. The molecule has 0 atom stereocenters. The molecule has 0 unspecified atom stereocenters. The van der Waals surface area contributed by atoms with Crippen molar-refractivity contribution in [2.45, 2.75) is 13.5 Å². The van der Waals surface area contributed by atoms with E-state index in [1.165, 1.54) is 35.5 Å². The molecule has 0 amide bonds. The SMILES string of the molecule is Cc1c(N)cc(CN2CCSCC2)c2cccnc12. The van der Waals surface area contributed by atoms with Gasteiger partial charge in [-0.1, -0.05) is 6.07 Å². The van der Waals surface area contributed by atoms with Crippen LogP contribution < -0.4 is 5.73 Å². The lowest BCUT2D eigenvalue weighted by molar-refractivity contribution is 0.296. The molecule has 0 bridgehead atoms. The van der Waals surface area contributed by atoms with Gasteiger partial charge in [0, 0.05) is 48.4 Å². The van der Waals surface area contributed by atoms with Crippen LogP contribution in [0.2, 0.25) is 0 Å². The van der Waals surface area contributed by atoms with Gasteiger partial charge in [-0.2, -0.15) is 11.8 Å². The van der Waals surface area contributed by atoms with Crippen LogP contribution in [0, 0.1) is 6.92 Å². The standard InChI is InChI=1S/C15H19N3S/c1-11-14(16)9-12(10-18-5-7-19-8-6-18)13-3-2-4-17-15(11)13/h2-4,9H,5-8,10,16H2,1H3. The molecule has 1 aliphatic heterocycles. The fourth-order valence-corrected chi connectivity index (χ4v) is 3.58. The number of nitrogens with two attached hydrogens (primary N) is 1. The van der Waals surface area contributed by atoms with E-state index in [1.807, 2.05) is 30.9 Å². The number of thioether (sulfide) groups is 1. The van der Waals surface area contributed by atoms with Gasteiger partial charge in [-0.25, -0.2) is 0 Å². The van der Waals surface area contributed by atoms with Crippen LogP contribution in [0.5, 0.6) is 0 Å². The van der Waals surface area contributed by atoms with E-state index in [9.17, 15) is 0 Å². The second-order valence-electron chi connectivity index (χ2n) is 5.04. The number of rotatable bonds is 2. The zero-order valence-corrected chi connectivity index (χ0v) is 12.0. The van der Waals surface area contributed by atoms with Gasteiger partial charge in [0.05, 0.1) is 5.52 Å². The van der Waals surface area contributed by atoms with Crippen LogP contribution in [0.1, 0.15) is 11.1 Å². The second kappa shape index (κ2) is 5.39. The largest absolute Gasteiger partial charge is 0.398 e. The maximum absolute atomic E-state index is 6.13. The Morgan fingerprint density at radius 1 is 1.37 bits per heavy atom. The Bertz CT molecular complexity index is 591. The maximum Gasteiger partial charge on any atom is 0.0754 e. The minimum absolute atomic E-state index is 0.854. The van der Waals surface area contributed by atoms with Crippen molar-refractivity contribution in [2.75, 3.05) is 30.3 Å². The Labute approximate surface area is 118 Å². The highest BCUT2D eigenvalue weighted by molar-refractivity contribution is 7.99. The first kappa shape index (κ1) is 12.8. The first-order valence-corrected chi connectivity index (χ1v) is 7.84. The Morgan fingerprint density at radius 3 is 2.95 bits per heavy atom. The Morgan fingerprint density at radius 2 is 2.16 bits per heavy atom. The number of aromatic nitrogens is 1. The van der Waals surface area contributed by atoms with E-state index in [-0.39, 0.29) is 0 Å². The number of aryl methyl sites for hydroxylation is 1. The molecule has 1 aromatic carbocycles. The third-order valence-electron chi connectivity index (χ3n) is 3.77. The minimum Gasteiger partial charge on any atom is -0.398 e. The highest BCUT2D eigenvalue weighted by Crippen LogP contribution is 2.27. The maximum atomic E-state index is 6.13. The molecule has 2 aromatic rings. The molecular weight excluding hydrogens is 254 g/mol. The summed E-state index contributed by atoms with van der Waals surface area (Å²) in [4.78, 5) is 7.00. The van der Waals surface area contributed by atoms with Gasteiger partial charge in [0.2, 0.25) is 0 Å². The number of hydrogen-bond donors (Lipinski definition) is 1.